The van der Waals surface area contributed by atoms with Crippen LogP contribution in [0.2, 0.25) is 0 Å². The number of hydrogen-bond acceptors (Lipinski definition) is 7. The van der Waals surface area contributed by atoms with Crippen LogP contribution in [0.4, 0.5) is 4.39 Å². The summed E-state index contributed by atoms with van der Waals surface area (Å²) in [6.07, 6.45) is 3.87. The van der Waals surface area contributed by atoms with Crippen molar-refractivity contribution in [1.29, 1.82) is 0 Å². The lowest BCUT2D eigenvalue weighted by molar-refractivity contribution is 0.0948. The van der Waals surface area contributed by atoms with Crippen LogP contribution in [0.25, 0.3) is 11.4 Å². The van der Waals surface area contributed by atoms with Gasteiger partial charge in [-0.15, -0.1) is 11.3 Å². The lowest BCUT2D eigenvalue weighted by Crippen LogP contribution is -2.25. The van der Waals surface area contributed by atoms with Gasteiger partial charge in [-0.3, -0.25) is 9.78 Å². The molecular formula is C17H17FN4O3S. The molecule has 3 heterocycles. The van der Waals surface area contributed by atoms with Gasteiger partial charge in [0.2, 0.25) is 0 Å². The van der Waals surface area contributed by atoms with E-state index in [2.05, 4.69) is 20.4 Å². The number of carbonyl (C=O) groups excluding carboxylic acids is 1. The number of halogens is 1. The molecule has 0 aliphatic heterocycles. The summed E-state index contributed by atoms with van der Waals surface area (Å²) in [6.45, 7) is 1.91. The van der Waals surface area contributed by atoms with E-state index < -0.39 is 5.82 Å². The summed E-state index contributed by atoms with van der Waals surface area (Å²) in [5, 5.41) is 16.2. The highest BCUT2D eigenvalue weighted by atomic mass is 32.1. The smallest absolute Gasteiger partial charge is 0.263 e. The van der Waals surface area contributed by atoms with Gasteiger partial charge in [0.1, 0.15) is 22.1 Å². The third-order valence-corrected chi connectivity index (χ3v) is 4.77. The average molecular weight is 376 g/mol. The van der Waals surface area contributed by atoms with Crippen LogP contribution in [0.5, 0.6) is 0 Å². The van der Waals surface area contributed by atoms with E-state index in [0.717, 1.165) is 16.8 Å². The zero-order valence-electron chi connectivity index (χ0n) is 14.0. The number of thiazole rings is 1. The van der Waals surface area contributed by atoms with Gasteiger partial charge in [-0.05, 0) is 25.5 Å². The predicted octanol–water partition coefficient (Wildman–Crippen LogP) is 2.15. The third kappa shape index (κ3) is 4.12. The summed E-state index contributed by atoms with van der Waals surface area (Å²) in [6, 6.07) is 2.89. The first-order valence-corrected chi connectivity index (χ1v) is 8.81. The molecule has 136 valence electrons. The van der Waals surface area contributed by atoms with E-state index in [-0.39, 0.29) is 19.1 Å². The molecule has 0 radical (unpaired) electrons. The number of carbonyl (C=O) groups is 1. The van der Waals surface area contributed by atoms with Gasteiger partial charge in [-0.25, -0.2) is 9.37 Å². The normalized spacial score (nSPS) is 10.9. The second-order valence-corrected chi connectivity index (χ2v) is 6.64. The molecule has 2 N–H and O–H groups in total. The summed E-state index contributed by atoms with van der Waals surface area (Å²) in [7, 11) is 0. The Morgan fingerprint density at radius 2 is 2.15 bits per heavy atom. The van der Waals surface area contributed by atoms with Crippen molar-refractivity contribution in [3.05, 3.63) is 51.6 Å². The second-order valence-electron chi connectivity index (χ2n) is 5.53. The Bertz CT molecular complexity index is 892. The molecule has 0 saturated carbocycles. The van der Waals surface area contributed by atoms with Crippen LogP contribution < -0.4 is 5.32 Å². The molecule has 3 aromatic heterocycles. The molecular weight excluding hydrogens is 359 g/mol. The maximum atomic E-state index is 13.1. The Kier molecular flexibility index (Phi) is 5.69. The Balaban J connectivity index is 1.71. The lowest BCUT2D eigenvalue weighted by Gasteiger charge is -2.01. The van der Waals surface area contributed by atoms with E-state index in [1.165, 1.54) is 23.6 Å². The summed E-state index contributed by atoms with van der Waals surface area (Å²) in [5.74, 6) is 0.00839. The van der Waals surface area contributed by atoms with Gasteiger partial charge in [0.05, 0.1) is 29.7 Å². The standard InChI is InChI=1S/C17H17FN4O3S/c1-10-12(16(22-25-10)13-4-2-11(18)8-20-13)3-5-15-21-9-14(26-15)17(24)19-6-7-23/h2,4,8-9,23H,3,5-7H2,1H3,(H,19,24). The molecule has 0 fully saturated rings. The first-order valence-electron chi connectivity index (χ1n) is 7.99. The van der Waals surface area contributed by atoms with Gasteiger partial charge in [0.25, 0.3) is 5.91 Å². The number of amides is 1. The molecule has 9 heteroatoms. The van der Waals surface area contributed by atoms with Crippen LogP contribution in [0.15, 0.2) is 29.0 Å². The number of nitrogens with one attached hydrogen (secondary N) is 1. The number of pyridine rings is 1. The highest BCUT2D eigenvalue weighted by Gasteiger charge is 2.17. The van der Waals surface area contributed by atoms with Crippen LogP contribution in [0.3, 0.4) is 0 Å². The monoisotopic (exact) mass is 376 g/mol. The van der Waals surface area contributed by atoms with Crippen molar-refractivity contribution in [2.45, 2.75) is 19.8 Å². The Labute approximate surface area is 152 Å². The molecule has 3 aromatic rings. The number of rotatable bonds is 7. The average Bonchev–Trinajstić information content (AvgIpc) is 3.25. The van der Waals surface area contributed by atoms with E-state index >= 15 is 0 Å². The number of aromatic nitrogens is 3. The lowest BCUT2D eigenvalue weighted by atomic mass is 10.1. The Hall–Kier alpha value is -2.65. The number of aryl methyl sites for hydroxylation is 2. The van der Waals surface area contributed by atoms with Crippen molar-refractivity contribution in [3.63, 3.8) is 0 Å². The molecule has 0 unspecified atom stereocenters. The molecule has 0 saturated heterocycles. The molecule has 0 atom stereocenters. The fraction of sp³-hybridized carbons (Fsp3) is 0.294. The molecule has 0 spiro atoms. The van der Waals surface area contributed by atoms with Crippen LogP contribution in [-0.4, -0.2) is 39.3 Å². The van der Waals surface area contributed by atoms with Crippen LogP contribution in [0, 0.1) is 12.7 Å². The summed E-state index contributed by atoms with van der Waals surface area (Å²) in [4.78, 5) is 20.7. The summed E-state index contributed by atoms with van der Waals surface area (Å²) >= 11 is 1.30. The highest BCUT2D eigenvalue weighted by Crippen LogP contribution is 2.26. The first kappa shape index (κ1) is 18.2. The quantitative estimate of drug-likeness (QED) is 0.655. The minimum absolute atomic E-state index is 0.107. The van der Waals surface area contributed by atoms with Gasteiger partial charge in [-0.1, -0.05) is 5.16 Å². The van der Waals surface area contributed by atoms with E-state index in [4.69, 9.17) is 9.63 Å². The molecule has 3 rings (SSSR count). The Morgan fingerprint density at radius 1 is 1.31 bits per heavy atom. The SMILES string of the molecule is Cc1onc(-c2ccc(F)cn2)c1CCc1ncc(C(=O)NCCO)s1. The fourth-order valence-electron chi connectivity index (χ4n) is 2.42. The van der Waals surface area contributed by atoms with Crippen molar-refractivity contribution < 1.29 is 18.8 Å². The van der Waals surface area contributed by atoms with Crippen molar-refractivity contribution in [2.75, 3.05) is 13.2 Å². The highest BCUT2D eigenvalue weighted by molar-refractivity contribution is 7.13. The number of aliphatic hydroxyl groups excluding tert-OH is 1. The van der Waals surface area contributed by atoms with E-state index in [9.17, 15) is 9.18 Å². The van der Waals surface area contributed by atoms with E-state index in [0.29, 0.717) is 34.9 Å². The molecule has 0 aromatic carbocycles. The molecule has 0 aliphatic carbocycles. The van der Waals surface area contributed by atoms with Gasteiger partial charge >= 0.3 is 0 Å². The molecule has 1 amide bonds. The van der Waals surface area contributed by atoms with Crippen molar-refractivity contribution in [3.8, 4) is 11.4 Å². The van der Waals surface area contributed by atoms with Gasteiger partial charge in [0.15, 0.2) is 0 Å². The molecule has 7 nitrogen and oxygen atoms in total. The first-order chi connectivity index (χ1) is 12.6. The third-order valence-electron chi connectivity index (χ3n) is 3.72. The van der Waals surface area contributed by atoms with Crippen molar-refractivity contribution in [2.24, 2.45) is 0 Å². The molecule has 0 bridgehead atoms. The van der Waals surface area contributed by atoms with E-state index in [1.807, 2.05) is 6.92 Å². The zero-order valence-corrected chi connectivity index (χ0v) is 14.8. The van der Waals surface area contributed by atoms with Crippen molar-refractivity contribution >= 4 is 17.2 Å². The van der Waals surface area contributed by atoms with Crippen LogP contribution in [0.1, 0.15) is 26.0 Å². The summed E-state index contributed by atoms with van der Waals surface area (Å²) in [5.41, 5.74) is 2.01. The topological polar surface area (TPSA) is 101 Å². The van der Waals surface area contributed by atoms with Gasteiger partial charge in [0, 0.05) is 18.5 Å². The van der Waals surface area contributed by atoms with Crippen molar-refractivity contribution in [1.82, 2.24) is 20.4 Å². The second kappa shape index (κ2) is 8.15. The predicted molar refractivity (Wildman–Crippen MR) is 93.4 cm³/mol. The zero-order chi connectivity index (χ0) is 18.5. The maximum Gasteiger partial charge on any atom is 0.263 e. The Morgan fingerprint density at radius 3 is 2.88 bits per heavy atom. The van der Waals surface area contributed by atoms with E-state index in [1.54, 1.807) is 6.07 Å². The number of nitrogens with zero attached hydrogens (tertiary/aromatic N) is 3. The molecule has 0 aliphatic rings. The number of hydrogen-bond donors (Lipinski definition) is 2. The maximum absolute atomic E-state index is 13.1. The minimum atomic E-state index is -0.412. The largest absolute Gasteiger partial charge is 0.395 e. The fourth-order valence-corrected chi connectivity index (χ4v) is 3.26. The van der Waals surface area contributed by atoms with Crippen LogP contribution >= 0.6 is 11.3 Å². The van der Waals surface area contributed by atoms with Gasteiger partial charge < -0.3 is 14.9 Å². The minimum Gasteiger partial charge on any atom is -0.395 e. The molecule has 26 heavy (non-hydrogen) atoms. The van der Waals surface area contributed by atoms with Crippen LogP contribution in [-0.2, 0) is 12.8 Å². The number of aliphatic hydroxyl groups is 1. The van der Waals surface area contributed by atoms with Gasteiger partial charge in [-0.2, -0.15) is 0 Å². The summed E-state index contributed by atoms with van der Waals surface area (Å²) < 4.78 is 18.3.